The van der Waals surface area contributed by atoms with Crippen LogP contribution in [-0.2, 0) is 0 Å². The van der Waals surface area contributed by atoms with Gasteiger partial charge in [0.2, 0.25) is 5.88 Å². The Kier molecular flexibility index (Phi) is 4.58. The zero-order valence-corrected chi connectivity index (χ0v) is 12.3. The Morgan fingerprint density at radius 2 is 1.95 bits per heavy atom. The number of hydrogen-bond donors (Lipinski definition) is 1. The molecule has 0 bridgehead atoms. The first-order valence-corrected chi connectivity index (χ1v) is 6.59. The first-order chi connectivity index (χ1) is 9.63. The van der Waals surface area contributed by atoms with Gasteiger partial charge in [0.25, 0.3) is 0 Å². The second kappa shape index (κ2) is 6.39. The van der Waals surface area contributed by atoms with Gasteiger partial charge in [-0.25, -0.2) is 4.98 Å². The molecule has 0 fully saturated rings. The summed E-state index contributed by atoms with van der Waals surface area (Å²) in [4.78, 5) is 4.24. The molecule has 0 saturated heterocycles. The van der Waals surface area contributed by atoms with Crippen molar-refractivity contribution in [3.63, 3.8) is 0 Å². The van der Waals surface area contributed by atoms with E-state index in [2.05, 4.69) is 17.2 Å². The summed E-state index contributed by atoms with van der Waals surface area (Å²) in [5.74, 6) is 1.94. The van der Waals surface area contributed by atoms with E-state index in [0.29, 0.717) is 17.4 Å². The summed E-state index contributed by atoms with van der Waals surface area (Å²) in [6.07, 6.45) is 1.75. The normalized spacial score (nSPS) is 12.0. The van der Waals surface area contributed by atoms with Gasteiger partial charge in [0.1, 0.15) is 0 Å². The summed E-state index contributed by atoms with van der Waals surface area (Å²) in [6, 6.07) is 9.97. The van der Waals surface area contributed by atoms with Crippen LogP contribution in [0.15, 0.2) is 36.5 Å². The third-order valence-corrected chi connectivity index (χ3v) is 3.23. The van der Waals surface area contributed by atoms with Crippen LogP contribution in [-0.4, -0.2) is 19.1 Å². The molecule has 0 spiro atoms. The Hall–Kier alpha value is -2.07. The Morgan fingerprint density at radius 1 is 1.15 bits per heavy atom. The Bertz CT molecular complexity index is 584. The van der Waals surface area contributed by atoms with Gasteiger partial charge in [-0.05, 0) is 50.2 Å². The average molecular weight is 272 g/mol. The summed E-state index contributed by atoms with van der Waals surface area (Å²) in [6.45, 7) is 4.10. The molecule has 1 N–H and O–H groups in total. The van der Waals surface area contributed by atoms with Crippen LogP contribution in [0, 0.1) is 6.92 Å². The van der Waals surface area contributed by atoms with E-state index < -0.39 is 0 Å². The fourth-order valence-electron chi connectivity index (χ4n) is 1.89. The van der Waals surface area contributed by atoms with E-state index in [1.165, 1.54) is 0 Å². The van der Waals surface area contributed by atoms with Crippen LogP contribution < -0.4 is 14.8 Å². The van der Waals surface area contributed by atoms with Crippen LogP contribution in [0.5, 0.6) is 17.4 Å². The second-order valence-corrected chi connectivity index (χ2v) is 4.69. The Labute approximate surface area is 119 Å². The fraction of sp³-hybridized carbons (Fsp3) is 0.312. The highest BCUT2D eigenvalue weighted by Crippen LogP contribution is 2.31. The minimum absolute atomic E-state index is 0.250. The van der Waals surface area contributed by atoms with Crippen LogP contribution in [0.1, 0.15) is 24.1 Å². The van der Waals surface area contributed by atoms with Gasteiger partial charge in [-0.3, -0.25) is 0 Å². The quantitative estimate of drug-likeness (QED) is 0.905. The molecule has 106 valence electrons. The number of aromatic nitrogens is 1. The van der Waals surface area contributed by atoms with Crippen LogP contribution in [0.3, 0.4) is 0 Å². The number of hydrogen-bond acceptors (Lipinski definition) is 4. The third-order valence-electron chi connectivity index (χ3n) is 3.23. The van der Waals surface area contributed by atoms with Crippen molar-refractivity contribution in [3.05, 3.63) is 47.7 Å². The van der Waals surface area contributed by atoms with E-state index in [1.807, 2.05) is 44.3 Å². The lowest BCUT2D eigenvalue weighted by Gasteiger charge is -2.13. The number of nitrogens with one attached hydrogen (secondary N) is 1. The number of nitrogens with zero attached hydrogens (tertiary/aromatic N) is 1. The van der Waals surface area contributed by atoms with Gasteiger partial charge in [0.15, 0.2) is 11.5 Å². The molecule has 4 heteroatoms. The lowest BCUT2D eigenvalue weighted by Crippen LogP contribution is -2.12. The summed E-state index contributed by atoms with van der Waals surface area (Å²) in [7, 11) is 3.56. The molecule has 0 aliphatic rings. The summed E-state index contributed by atoms with van der Waals surface area (Å²) in [5.41, 5.74) is 2.25. The van der Waals surface area contributed by atoms with E-state index in [1.54, 1.807) is 13.3 Å². The molecule has 2 rings (SSSR count). The first-order valence-electron chi connectivity index (χ1n) is 6.59. The molecule has 0 aliphatic carbocycles. The Morgan fingerprint density at radius 3 is 2.65 bits per heavy atom. The van der Waals surface area contributed by atoms with Crippen LogP contribution in [0.2, 0.25) is 0 Å². The molecule has 1 atom stereocenters. The lowest BCUT2D eigenvalue weighted by molar-refractivity contribution is 0.373. The average Bonchev–Trinajstić information content (AvgIpc) is 2.48. The number of benzene rings is 1. The molecule has 2 aromatic rings. The van der Waals surface area contributed by atoms with Gasteiger partial charge < -0.3 is 14.8 Å². The molecule has 1 aromatic carbocycles. The number of ether oxygens (including phenoxy) is 2. The van der Waals surface area contributed by atoms with E-state index >= 15 is 0 Å². The van der Waals surface area contributed by atoms with Crippen molar-refractivity contribution in [2.45, 2.75) is 19.9 Å². The number of pyridine rings is 1. The predicted octanol–water partition coefficient (Wildman–Crippen LogP) is 3.47. The molecule has 1 unspecified atom stereocenters. The summed E-state index contributed by atoms with van der Waals surface area (Å²) >= 11 is 0. The number of methoxy groups -OCH3 is 1. The van der Waals surface area contributed by atoms with Crippen molar-refractivity contribution in [3.8, 4) is 17.4 Å². The maximum absolute atomic E-state index is 5.83. The van der Waals surface area contributed by atoms with Crippen molar-refractivity contribution < 1.29 is 9.47 Å². The smallest absolute Gasteiger partial charge is 0.219 e. The van der Waals surface area contributed by atoms with Gasteiger partial charge in [-0.1, -0.05) is 6.07 Å². The molecule has 0 radical (unpaired) electrons. The van der Waals surface area contributed by atoms with Crippen LogP contribution in [0.25, 0.3) is 0 Å². The van der Waals surface area contributed by atoms with Crippen molar-refractivity contribution in [1.82, 2.24) is 10.3 Å². The van der Waals surface area contributed by atoms with E-state index in [4.69, 9.17) is 9.47 Å². The molecule has 20 heavy (non-hydrogen) atoms. The highest BCUT2D eigenvalue weighted by molar-refractivity contribution is 5.44. The Balaban J connectivity index is 2.26. The molecule has 0 amide bonds. The SMILES string of the molecule is CNC(C)c1ccnc(Oc2ccc(C)cc2OC)c1. The fourth-order valence-corrected chi connectivity index (χ4v) is 1.89. The standard InChI is InChI=1S/C16H20N2O2/c1-11-5-6-14(15(9-11)19-4)20-16-10-13(7-8-18-16)12(2)17-3/h5-10,12,17H,1-4H3. The van der Waals surface area contributed by atoms with Gasteiger partial charge >= 0.3 is 0 Å². The first kappa shape index (κ1) is 14.3. The third kappa shape index (κ3) is 3.27. The largest absolute Gasteiger partial charge is 0.493 e. The van der Waals surface area contributed by atoms with Gasteiger partial charge in [0, 0.05) is 18.3 Å². The van der Waals surface area contributed by atoms with Crippen LogP contribution >= 0.6 is 0 Å². The van der Waals surface area contributed by atoms with E-state index in [0.717, 1.165) is 11.1 Å². The zero-order chi connectivity index (χ0) is 14.5. The molecule has 1 heterocycles. The topological polar surface area (TPSA) is 43.4 Å². The van der Waals surface area contributed by atoms with Gasteiger partial charge in [-0.15, -0.1) is 0 Å². The zero-order valence-electron chi connectivity index (χ0n) is 12.3. The van der Waals surface area contributed by atoms with Crippen molar-refractivity contribution in [2.75, 3.05) is 14.2 Å². The van der Waals surface area contributed by atoms with E-state index in [9.17, 15) is 0 Å². The van der Waals surface area contributed by atoms with Crippen molar-refractivity contribution in [2.24, 2.45) is 0 Å². The minimum atomic E-state index is 0.250. The van der Waals surface area contributed by atoms with Crippen LogP contribution in [0.4, 0.5) is 0 Å². The molecular formula is C16H20N2O2. The van der Waals surface area contributed by atoms with E-state index in [-0.39, 0.29) is 6.04 Å². The molecule has 0 saturated carbocycles. The van der Waals surface area contributed by atoms with Gasteiger partial charge in [0.05, 0.1) is 7.11 Å². The summed E-state index contributed by atoms with van der Waals surface area (Å²) in [5, 5.41) is 3.19. The number of aryl methyl sites for hydroxylation is 1. The predicted molar refractivity (Wildman–Crippen MR) is 79.5 cm³/mol. The van der Waals surface area contributed by atoms with Gasteiger partial charge in [-0.2, -0.15) is 0 Å². The van der Waals surface area contributed by atoms with Crippen molar-refractivity contribution in [1.29, 1.82) is 0 Å². The molecule has 1 aromatic heterocycles. The highest BCUT2D eigenvalue weighted by atomic mass is 16.5. The second-order valence-electron chi connectivity index (χ2n) is 4.69. The lowest BCUT2D eigenvalue weighted by atomic mass is 10.1. The highest BCUT2D eigenvalue weighted by Gasteiger charge is 2.09. The maximum Gasteiger partial charge on any atom is 0.219 e. The monoisotopic (exact) mass is 272 g/mol. The number of rotatable bonds is 5. The maximum atomic E-state index is 5.83. The molecule has 4 nitrogen and oxygen atoms in total. The molecular weight excluding hydrogens is 252 g/mol. The van der Waals surface area contributed by atoms with Crippen molar-refractivity contribution >= 4 is 0 Å². The molecule has 0 aliphatic heterocycles. The minimum Gasteiger partial charge on any atom is -0.493 e. The summed E-state index contributed by atoms with van der Waals surface area (Å²) < 4.78 is 11.2.